The molecule has 0 bridgehead atoms. The first-order chi connectivity index (χ1) is 8.52. The van der Waals surface area contributed by atoms with Crippen molar-refractivity contribution in [3.8, 4) is 0 Å². The minimum absolute atomic E-state index is 0.220. The molecule has 0 radical (unpaired) electrons. The molecule has 2 rings (SSSR count). The highest BCUT2D eigenvalue weighted by Crippen LogP contribution is 2.24. The molecule has 0 aliphatic heterocycles. The monoisotopic (exact) mass is 267 g/mol. The molecule has 0 saturated heterocycles. The lowest BCUT2D eigenvalue weighted by Crippen LogP contribution is -2.23. The molecule has 2 aromatic rings. The van der Waals surface area contributed by atoms with Crippen LogP contribution in [-0.2, 0) is 0 Å². The first kappa shape index (κ1) is 12.9. The maximum Gasteiger partial charge on any atom is 0.190 e. The van der Waals surface area contributed by atoms with Gasteiger partial charge in [-0.25, -0.2) is 8.78 Å². The fourth-order valence-electron chi connectivity index (χ4n) is 1.64. The minimum atomic E-state index is -1.03. The van der Waals surface area contributed by atoms with Gasteiger partial charge in [0.05, 0.1) is 5.56 Å². The van der Waals surface area contributed by atoms with E-state index in [1.807, 2.05) is 0 Å². The van der Waals surface area contributed by atoms with Gasteiger partial charge in [-0.3, -0.25) is 4.79 Å². The highest BCUT2D eigenvalue weighted by atomic mass is 32.1. The van der Waals surface area contributed by atoms with E-state index in [0.717, 1.165) is 6.07 Å². The van der Waals surface area contributed by atoms with Crippen LogP contribution in [0, 0.1) is 18.6 Å². The maximum atomic E-state index is 13.8. The van der Waals surface area contributed by atoms with Gasteiger partial charge in [-0.2, -0.15) is 0 Å². The van der Waals surface area contributed by atoms with Crippen LogP contribution in [0.3, 0.4) is 0 Å². The number of rotatable bonds is 3. The Kier molecular flexibility index (Phi) is 3.54. The summed E-state index contributed by atoms with van der Waals surface area (Å²) in [5.41, 5.74) is 5.39. The number of aryl methyl sites for hydroxylation is 1. The van der Waals surface area contributed by atoms with Crippen molar-refractivity contribution in [3.63, 3.8) is 0 Å². The lowest BCUT2D eigenvalue weighted by molar-refractivity contribution is 0.0954. The summed E-state index contributed by atoms with van der Waals surface area (Å²) in [5, 5.41) is 1.76. The molecule has 5 heteroatoms. The first-order valence-corrected chi connectivity index (χ1v) is 6.18. The van der Waals surface area contributed by atoms with E-state index >= 15 is 0 Å². The number of Topliss-reactive ketones (excluding diaryl/α,β-unsaturated/α-hetero) is 1. The number of carbonyl (C=O) groups excluding carboxylic acids is 1. The molecule has 1 heterocycles. The van der Waals surface area contributed by atoms with Gasteiger partial charge in [0, 0.05) is 4.88 Å². The van der Waals surface area contributed by atoms with Gasteiger partial charge in [0.15, 0.2) is 5.78 Å². The lowest BCUT2D eigenvalue weighted by atomic mass is 10.0. The van der Waals surface area contributed by atoms with Crippen LogP contribution in [0.5, 0.6) is 0 Å². The van der Waals surface area contributed by atoms with Crippen LogP contribution in [-0.4, -0.2) is 5.78 Å². The zero-order chi connectivity index (χ0) is 13.3. The summed E-state index contributed by atoms with van der Waals surface area (Å²) < 4.78 is 27.4. The molecular weight excluding hydrogens is 256 g/mol. The third-order valence-electron chi connectivity index (χ3n) is 2.66. The Morgan fingerprint density at radius 3 is 2.67 bits per heavy atom. The van der Waals surface area contributed by atoms with Crippen LogP contribution in [0.2, 0.25) is 0 Å². The van der Waals surface area contributed by atoms with Crippen molar-refractivity contribution >= 4 is 17.1 Å². The molecule has 94 valence electrons. The molecule has 2 N–H and O–H groups in total. The predicted octanol–water partition coefficient (Wildman–Crippen LogP) is 3.22. The van der Waals surface area contributed by atoms with Crippen molar-refractivity contribution in [2.45, 2.75) is 13.0 Å². The molecule has 0 aliphatic carbocycles. The molecule has 1 atom stereocenters. The molecule has 0 spiro atoms. The number of carbonyl (C=O) groups is 1. The van der Waals surface area contributed by atoms with Gasteiger partial charge in [0.1, 0.15) is 17.7 Å². The maximum absolute atomic E-state index is 13.8. The van der Waals surface area contributed by atoms with Crippen LogP contribution < -0.4 is 5.73 Å². The third kappa shape index (κ3) is 2.19. The fourth-order valence-corrected chi connectivity index (χ4v) is 2.36. The van der Waals surface area contributed by atoms with E-state index in [4.69, 9.17) is 5.73 Å². The molecule has 2 nitrogen and oxygen atoms in total. The molecule has 18 heavy (non-hydrogen) atoms. The number of hydrogen-bond acceptors (Lipinski definition) is 3. The number of nitrogens with two attached hydrogens (primary N) is 1. The Labute approximate surface area is 107 Å². The average molecular weight is 267 g/mol. The van der Waals surface area contributed by atoms with Gasteiger partial charge in [-0.05, 0) is 30.0 Å². The Morgan fingerprint density at radius 1 is 1.33 bits per heavy atom. The Morgan fingerprint density at radius 2 is 2.06 bits per heavy atom. The molecule has 1 unspecified atom stereocenters. The fraction of sp³-hybridized carbons (Fsp3) is 0.154. The smallest absolute Gasteiger partial charge is 0.190 e. The van der Waals surface area contributed by atoms with Crippen LogP contribution in [0.25, 0.3) is 0 Å². The second-order valence-corrected chi connectivity index (χ2v) is 4.89. The summed E-state index contributed by atoms with van der Waals surface area (Å²) in [5.74, 6) is -2.46. The molecule has 1 aromatic heterocycles. The summed E-state index contributed by atoms with van der Waals surface area (Å²) in [6.45, 7) is 1.47. The molecular formula is C13H11F2NOS. The molecule has 0 aliphatic rings. The van der Waals surface area contributed by atoms with Gasteiger partial charge in [-0.15, -0.1) is 11.3 Å². The van der Waals surface area contributed by atoms with E-state index in [9.17, 15) is 13.6 Å². The lowest BCUT2D eigenvalue weighted by Gasteiger charge is -2.11. The molecule has 0 fully saturated rings. The van der Waals surface area contributed by atoms with Crippen LogP contribution in [0.15, 0.2) is 29.6 Å². The quantitative estimate of drug-likeness (QED) is 0.868. The second kappa shape index (κ2) is 4.96. The van der Waals surface area contributed by atoms with Crippen molar-refractivity contribution in [3.05, 3.63) is 57.3 Å². The van der Waals surface area contributed by atoms with Crippen LogP contribution in [0.4, 0.5) is 8.78 Å². The Balaban J connectivity index is 2.44. The van der Waals surface area contributed by atoms with Gasteiger partial charge < -0.3 is 5.73 Å². The van der Waals surface area contributed by atoms with Gasteiger partial charge in [-0.1, -0.05) is 12.1 Å². The standard InChI is InChI=1S/C13H11F2NOS/c1-7-4-5-8(14)10(11(7)15)13(17)12(16)9-3-2-6-18-9/h2-6,12H,16H2,1H3. The summed E-state index contributed by atoms with van der Waals surface area (Å²) in [6.07, 6.45) is 0. The van der Waals surface area contributed by atoms with Crippen molar-refractivity contribution in [1.82, 2.24) is 0 Å². The summed E-state index contributed by atoms with van der Waals surface area (Å²) >= 11 is 1.28. The zero-order valence-electron chi connectivity index (χ0n) is 9.61. The molecule has 1 aromatic carbocycles. The van der Waals surface area contributed by atoms with Crippen molar-refractivity contribution in [2.75, 3.05) is 0 Å². The number of thiophene rings is 1. The third-order valence-corrected chi connectivity index (χ3v) is 3.62. The number of hydrogen-bond donors (Lipinski definition) is 1. The summed E-state index contributed by atoms with van der Waals surface area (Å²) in [4.78, 5) is 12.6. The summed E-state index contributed by atoms with van der Waals surface area (Å²) in [6, 6.07) is 4.73. The van der Waals surface area contributed by atoms with E-state index in [1.165, 1.54) is 24.3 Å². The normalized spacial score (nSPS) is 12.4. The van der Waals surface area contributed by atoms with Gasteiger partial charge in [0.25, 0.3) is 0 Å². The topological polar surface area (TPSA) is 43.1 Å². The number of ketones is 1. The van der Waals surface area contributed by atoms with E-state index in [1.54, 1.807) is 17.5 Å². The van der Waals surface area contributed by atoms with E-state index in [0.29, 0.717) is 4.88 Å². The van der Waals surface area contributed by atoms with E-state index in [-0.39, 0.29) is 5.56 Å². The minimum Gasteiger partial charge on any atom is -0.317 e. The molecule has 0 amide bonds. The molecule has 0 saturated carbocycles. The number of halogens is 2. The SMILES string of the molecule is Cc1ccc(F)c(C(=O)C(N)c2cccs2)c1F. The zero-order valence-corrected chi connectivity index (χ0v) is 10.4. The van der Waals surface area contributed by atoms with Crippen LogP contribution in [0.1, 0.15) is 26.8 Å². The van der Waals surface area contributed by atoms with E-state index < -0.39 is 29.0 Å². The number of benzene rings is 1. The van der Waals surface area contributed by atoms with Crippen molar-refractivity contribution in [2.24, 2.45) is 5.73 Å². The average Bonchev–Trinajstić information content (AvgIpc) is 2.87. The van der Waals surface area contributed by atoms with Gasteiger partial charge in [0.2, 0.25) is 0 Å². The Hall–Kier alpha value is -1.59. The largest absolute Gasteiger partial charge is 0.317 e. The van der Waals surface area contributed by atoms with Gasteiger partial charge >= 0.3 is 0 Å². The van der Waals surface area contributed by atoms with E-state index in [2.05, 4.69) is 0 Å². The first-order valence-electron chi connectivity index (χ1n) is 5.30. The Bertz CT molecular complexity index is 581. The van der Waals surface area contributed by atoms with Crippen molar-refractivity contribution < 1.29 is 13.6 Å². The van der Waals surface area contributed by atoms with Crippen molar-refractivity contribution in [1.29, 1.82) is 0 Å². The summed E-state index contributed by atoms with van der Waals surface area (Å²) in [7, 11) is 0. The van der Waals surface area contributed by atoms with Crippen LogP contribution >= 0.6 is 11.3 Å². The highest BCUT2D eigenvalue weighted by molar-refractivity contribution is 7.10. The predicted molar refractivity (Wildman–Crippen MR) is 66.7 cm³/mol. The second-order valence-electron chi connectivity index (χ2n) is 3.91. The highest BCUT2D eigenvalue weighted by Gasteiger charge is 2.25.